The molecule has 2 rings (SSSR count). The highest BCUT2D eigenvalue weighted by Crippen LogP contribution is 2.20. The fraction of sp³-hybridized carbons (Fsp3) is 0.500. The Kier molecular flexibility index (Phi) is 4.06. The zero-order valence-electron chi connectivity index (χ0n) is 10.2. The van der Waals surface area contributed by atoms with Gasteiger partial charge in [0.2, 0.25) is 0 Å². The fourth-order valence-electron chi connectivity index (χ4n) is 2.17. The predicted octanol–water partition coefficient (Wildman–Crippen LogP) is 3.09. The molecule has 1 aromatic rings. The van der Waals surface area contributed by atoms with Crippen molar-refractivity contribution in [3.63, 3.8) is 0 Å². The van der Waals surface area contributed by atoms with Crippen molar-refractivity contribution in [3.05, 3.63) is 35.4 Å². The lowest BCUT2D eigenvalue weighted by molar-refractivity contribution is 0.0698. The van der Waals surface area contributed by atoms with E-state index in [9.17, 15) is 4.79 Å². The Morgan fingerprint density at radius 1 is 1.29 bits per heavy atom. The van der Waals surface area contributed by atoms with E-state index < -0.39 is 0 Å². The van der Waals surface area contributed by atoms with Crippen LogP contribution in [-0.2, 0) is 0 Å². The molecule has 0 unspecified atom stereocenters. The smallest absolute Gasteiger partial charge is 0.253 e. The minimum absolute atomic E-state index is 0.151. The van der Waals surface area contributed by atoms with Gasteiger partial charge in [0, 0.05) is 24.5 Å². The Labute approximate surface area is 108 Å². The van der Waals surface area contributed by atoms with Crippen molar-refractivity contribution in [2.75, 3.05) is 19.0 Å². The van der Waals surface area contributed by atoms with Gasteiger partial charge in [0.1, 0.15) is 0 Å². The third kappa shape index (κ3) is 3.01. The topological polar surface area (TPSA) is 20.3 Å². The molecular weight excluding hydrogens is 234 g/mol. The molecule has 1 amide bonds. The molecule has 1 aliphatic rings. The van der Waals surface area contributed by atoms with Crippen LogP contribution in [0.4, 0.5) is 0 Å². The molecule has 0 radical (unpaired) electrons. The van der Waals surface area contributed by atoms with Gasteiger partial charge in [-0.3, -0.25) is 4.79 Å². The lowest BCUT2D eigenvalue weighted by Gasteiger charge is -2.31. The lowest BCUT2D eigenvalue weighted by atomic mass is 9.98. The minimum Gasteiger partial charge on any atom is -0.339 e. The molecule has 3 heteroatoms. The van der Waals surface area contributed by atoms with Crippen LogP contribution >= 0.6 is 11.6 Å². The molecule has 0 aliphatic carbocycles. The van der Waals surface area contributed by atoms with Crippen molar-refractivity contribution in [1.82, 2.24) is 4.90 Å². The normalized spacial score (nSPS) is 17.2. The van der Waals surface area contributed by atoms with Gasteiger partial charge < -0.3 is 4.90 Å². The largest absolute Gasteiger partial charge is 0.339 e. The number of alkyl halides is 1. The first-order chi connectivity index (χ1) is 8.20. The Morgan fingerprint density at radius 3 is 2.41 bits per heavy atom. The average Bonchev–Trinajstić information content (AvgIpc) is 2.39. The SMILES string of the molecule is Cc1ccc(C(=O)N2CCC(CCl)CC2)cc1. The second-order valence-electron chi connectivity index (χ2n) is 4.76. The van der Waals surface area contributed by atoms with Gasteiger partial charge in [-0.2, -0.15) is 0 Å². The van der Waals surface area contributed by atoms with Crippen LogP contribution in [0.1, 0.15) is 28.8 Å². The number of likely N-dealkylation sites (tertiary alicyclic amines) is 1. The first-order valence-corrected chi connectivity index (χ1v) is 6.66. The third-order valence-corrected chi connectivity index (χ3v) is 3.85. The summed E-state index contributed by atoms with van der Waals surface area (Å²) in [5.74, 6) is 1.45. The Hall–Kier alpha value is -1.02. The van der Waals surface area contributed by atoms with Crippen LogP contribution < -0.4 is 0 Å². The van der Waals surface area contributed by atoms with E-state index in [2.05, 4.69) is 0 Å². The van der Waals surface area contributed by atoms with Crippen molar-refractivity contribution < 1.29 is 4.79 Å². The molecule has 1 saturated heterocycles. The first-order valence-electron chi connectivity index (χ1n) is 6.12. The van der Waals surface area contributed by atoms with Crippen molar-refractivity contribution in [3.8, 4) is 0 Å². The molecule has 1 aliphatic heterocycles. The van der Waals surface area contributed by atoms with E-state index in [0.717, 1.165) is 31.5 Å². The number of aryl methyl sites for hydroxylation is 1. The number of nitrogens with zero attached hydrogens (tertiary/aromatic N) is 1. The Bertz CT molecular complexity index is 380. The zero-order chi connectivity index (χ0) is 12.3. The van der Waals surface area contributed by atoms with Crippen molar-refractivity contribution in [2.24, 2.45) is 5.92 Å². The molecule has 1 aromatic carbocycles. The molecule has 17 heavy (non-hydrogen) atoms. The number of carbonyl (C=O) groups is 1. The first kappa shape index (κ1) is 12.4. The summed E-state index contributed by atoms with van der Waals surface area (Å²) in [6.45, 7) is 3.70. The second kappa shape index (κ2) is 5.54. The maximum atomic E-state index is 12.2. The van der Waals surface area contributed by atoms with Crippen LogP contribution in [0.25, 0.3) is 0 Å². The quantitative estimate of drug-likeness (QED) is 0.740. The summed E-state index contributed by atoms with van der Waals surface area (Å²) in [5.41, 5.74) is 1.97. The van der Waals surface area contributed by atoms with Crippen LogP contribution in [0.15, 0.2) is 24.3 Å². The summed E-state index contributed by atoms with van der Waals surface area (Å²) in [7, 11) is 0. The number of carbonyl (C=O) groups excluding carboxylic acids is 1. The van der Waals surface area contributed by atoms with Crippen LogP contribution in [0, 0.1) is 12.8 Å². The number of halogens is 1. The monoisotopic (exact) mass is 251 g/mol. The van der Waals surface area contributed by atoms with E-state index in [0.29, 0.717) is 11.8 Å². The van der Waals surface area contributed by atoms with Crippen LogP contribution in [-0.4, -0.2) is 29.8 Å². The summed E-state index contributed by atoms with van der Waals surface area (Å²) in [6, 6.07) is 7.79. The van der Waals surface area contributed by atoms with Crippen LogP contribution in [0.3, 0.4) is 0 Å². The number of benzene rings is 1. The number of rotatable bonds is 2. The summed E-state index contributed by atoms with van der Waals surface area (Å²) >= 11 is 5.84. The zero-order valence-corrected chi connectivity index (χ0v) is 10.9. The number of amides is 1. The number of hydrogen-bond donors (Lipinski definition) is 0. The molecule has 0 atom stereocenters. The van der Waals surface area contributed by atoms with Crippen molar-refractivity contribution in [1.29, 1.82) is 0 Å². The van der Waals surface area contributed by atoms with Crippen LogP contribution in [0.5, 0.6) is 0 Å². The maximum Gasteiger partial charge on any atom is 0.253 e. The summed E-state index contributed by atoms with van der Waals surface area (Å²) < 4.78 is 0. The summed E-state index contributed by atoms with van der Waals surface area (Å²) in [6.07, 6.45) is 2.06. The molecule has 1 heterocycles. The van der Waals surface area contributed by atoms with Gasteiger partial charge in [0.15, 0.2) is 0 Å². The molecule has 2 nitrogen and oxygen atoms in total. The van der Waals surface area contributed by atoms with Gasteiger partial charge in [0.25, 0.3) is 5.91 Å². The average molecular weight is 252 g/mol. The highest BCUT2D eigenvalue weighted by atomic mass is 35.5. The standard InChI is InChI=1S/C14H18ClNO/c1-11-2-4-13(5-3-11)14(17)16-8-6-12(10-15)7-9-16/h2-5,12H,6-10H2,1H3. The number of piperidine rings is 1. The van der Waals surface area contributed by atoms with E-state index >= 15 is 0 Å². The van der Waals surface area contributed by atoms with E-state index in [1.165, 1.54) is 5.56 Å². The molecule has 92 valence electrons. The van der Waals surface area contributed by atoms with E-state index in [-0.39, 0.29) is 5.91 Å². The highest BCUT2D eigenvalue weighted by Gasteiger charge is 2.22. The van der Waals surface area contributed by atoms with Gasteiger partial charge >= 0.3 is 0 Å². The predicted molar refractivity (Wildman–Crippen MR) is 70.5 cm³/mol. The van der Waals surface area contributed by atoms with E-state index in [1.54, 1.807) is 0 Å². The molecule has 0 bridgehead atoms. The molecule has 0 N–H and O–H groups in total. The lowest BCUT2D eigenvalue weighted by Crippen LogP contribution is -2.38. The third-order valence-electron chi connectivity index (χ3n) is 3.42. The minimum atomic E-state index is 0.151. The molecule has 0 spiro atoms. The van der Waals surface area contributed by atoms with Gasteiger partial charge in [-0.1, -0.05) is 17.7 Å². The molecule has 0 aromatic heterocycles. The Morgan fingerprint density at radius 2 is 1.88 bits per heavy atom. The Balaban J connectivity index is 1.99. The van der Waals surface area contributed by atoms with Crippen molar-refractivity contribution >= 4 is 17.5 Å². The molecule has 0 saturated carbocycles. The fourth-order valence-corrected chi connectivity index (χ4v) is 2.48. The van der Waals surface area contributed by atoms with Gasteiger partial charge in [-0.15, -0.1) is 11.6 Å². The van der Waals surface area contributed by atoms with Crippen molar-refractivity contribution in [2.45, 2.75) is 19.8 Å². The van der Waals surface area contributed by atoms with Gasteiger partial charge in [-0.05, 0) is 37.8 Å². The molecular formula is C14H18ClNO. The van der Waals surface area contributed by atoms with Gasteiger partial charge in [0.05, 0.1) is 0 Å². The molecule has 1 fully saturated rings. The van der Waals surface area contributed by atoms with Crippen LogP contribution in [0.2, 0.25) is 0 Å². The second-order valence-corrected chi connectivity index (χ2v) is 5.06. The maximum absolute atomic E-state index is 12.2. The van der Waals surface area contributed by atoms with E-state index in [4.69, 9.17) is 11.6 Å². The summed E-state index contributed by atoms with van der Waals surface area (Å²) in [4.78, 5) is 14.1. The summed E-state index contributed by atoms with van der Waals surface area (Å²) in [5, 5.41) is 0. The van der Waals surface area contributed by atoms with E-state index in [1.807, 2.05) is 36.1 Å². The highest BCUT2D eigenvalue weighted by molar-refractivity contribution is 6.18. The van der Waals surface area contributed by atoms with Gasteiger partial charge in [-0.25, -0.2) is 0 Å². The number of hydrogen-bond acceptors (Lipinski definition) is 1.